The highest BCUT2D eigenvalue weighted by Gasteiger charge is 2.16. The molecule has 7 heteroatoms. The van der Waals surface area contributed by atoms with Crippen LogP contribution in [0.25, 0.3) is 6.08 Å². The summed E-state index contributed by atoms with van der Waals surface area (Å²) >= 11 is 12.5. The van der Waals surface area contributed by atoms with Crippen molar-refractivity contribution in [2.24, 2.45) is 0 Å². The third-order valence-electron chi connectivity index (χ3n) is 3.77. The van der Waals surface area contributed by atoms with E-state index < -0.39 is 5.97 Å². The number of hydrogen-bond donors (Lipinski definition) is 0. The molecule has 0 unspecified atom stereocenters. The molecular weight excluding hydrogens is 373 g/mol. The van der Waals surface area contributed by atoms with Gasteiger partial charge in [-0.1, -0.05) is 41.9 Å². The minimum absolute atomic E-state index is 0.0418. The Kier molecular flexibility index (Phi) is 6.62. The average Bonchev–Trinajstić information content (AvgIpc) is 2.87. The van der Waals surface area contributed by atoms with Crippen molar-refractivity contribution in [1.29, 1.82) is 5.26 Å². The van der Waals surface area contributed by atoms with Crippen molar-refractivity contribution in [2.75, 3.05) is 6.61 Å². The molecule has 0 saturated heterocycles. The first-order valence-electron chi connectivity index (χ1n) is 7.75. The Balaban J connectivity index is 2.38. The molecule has 0 fully saturated rings. The Bertz CT molecular complexity index is 903. The van der Waals surface area contributed by atoms with Crippen LogP contribution in [0.4, 0.5) is 0 Å². The highest BCUT2D eigenvalue weighted by molar-refractivity contribution is 6.35. The van der Waals surface area contributed by atoms with Crippen molar-refractivity contribution >= 4 is 35.2 Å². The van der Waals surface area contributed by atoms with Gasteiger partial charge in [0.25, 0.3) is 0 Å². The van der Waals surface area contributed by atoms with Gasteiger partial charge in [0.05, 0.1) is 12.2 Å². The number of aryl methyl sites for hydroxylation is 1. The topological polar surface area (TPSA) is 67.9 Å². The summed E-state index contributed by atoms with van der Waals surface area (Å²) in [6.07, 6.45) is 2.92. The predicted octanol–water partition coefficient (Wildman–Crippen LogP) is 4.49. The van der Waals surface area contributed by atoms with Crippen LogP contribution in [0.1, 0.15) is 22.5 Å². The summed E-state index contributed by atoms with van der Waals surface area (Å²) in [5, 5.41) is 14.8. The molecule has 134 valence electrons. The zero-order valence-electron chi connectivity index (χ0n) is 14.4. The largest absolute Gasteiger partial charge is 0.457 e. The van der Waals surface area contributed by atoms with Crippen LogP contribution in [0.15, 0.2) is 36.4 Å². The zero-order chi connectivity index (χ0) is 19.3. The molecular formula is C19H17Cl2N3O2. The normalized spacial score (nSPS) is 11.1. The van der Waals surface area contributed by atoms with Crippen LogP contribution in [0.2, 0.25) is 10.0 Å². The molecule has 0 amide bonds. The third kappa shape index (κ3) is 4.34. The summed E-state index contributed by atoms with van der Waals surface area (Å²) in [6.45, 7) is 7.54. The number of carbonyl (C=O) groups excluding carboxylic acids is 1. The number of carbonyl (C=O) groups is 1. The van der Waals surface area contributed by atoms with Gasteiger partial charge in [-0.25, -0.2) is 4.79 Å². The van der Waals surface area contributed by atoms with E-state index in [0.717, 1.165) is 11.3 Å². The van der Waals surface area contributed by atoms with Gasteiger partial charge in [0, 0.05) is 26.9 Å². The van der Waals surface area contributed by atoms with E-state index in [-0.39, 0.29) is 12.2 Å². The minimum atomic E-state index is -0.701. The smallest absolute Gasteiger partial charge is 0.349 e. The van der Waals surface area contributed by atoms with E-state index >= 15 is 0 Å². The molecule has 0 aliphatic carbocycles. The van der Waals surface area contributed by atoms with Crippen molar-refractivity contribution in [3.8, 4) is 6.07 Å². The lowest BCUT2D eigenvalue weighted by Crippen LogP contribution is -2.07. The molecule has 0 bridgehead atoms. The lowest BCUT2D eigenvalue weighted by molar-refractivity contribution is -0.137. The number of halogens is 2. The molecule has 1 aromatic carbocycles. The first-order valence-corrected chi connectivity index (χ1v) is 8.51. The second kappa shape index (κ2) is 8.70. The SMILES string of the molecule is C=CCOC(=O)/C(C#N)=C/c1c(C)nn(Cc2c(Cl)cccc2Cl)c1C. The average molecular weight is 390 g/mol. The van der Waals surface area contributed by atoms with Gasteiger partial charge in [-0.05, 0) is 32.1 Å². The molecule has 5 nitrogen and oxygen atoms in total. The second-order valence-corrected chi connectivity index (χ2v) is 6.31. The third-order valence-corrected chi connectivity index (χ3v) is 4.48. The van der Waals surface area contributed by atoms with Crippen LogP contribution >= 0.6 is 23.2 Å². The fourth-order valence-corrected chi connectivity index (χ4v) is 2.92. The highest BCUT2D eigenvalue weighted by Crippen LogP contribution is 2.26. The number of nitriles is 1. The van der Waals surface area contributed by atoms with E-state index in [9.17, 15) is 10.1 Å². The number of esters is 1. The first-order chi connectivity index (χ1) is 12.4. The van der Waals surface area contributed by atoms with E-state index in [1.807, 2.05) is 13.0 Å². The number of aromatic nitrogens is 2. The van der Waals surface area contributed by atoms with Gasteiger partial charge < -0.3 is 4.74 Å². The van der Waals surface area contributed by atoms with E-state index in [2.05, 4.69) is 11.7 Å². The number of nitrogens with zero attached hydrogens (tertiary/aromatic N) is 3. The van der Waals surface area contributed by atoms with Crippen LogP contribution in [-0.4, -0.2) is 22.4 Å². The molecule has 0 saturated carbocycles. The Morgan fingerprint density at radius 3 is 2.62 bits per heavy atom. The maximum Gasteiger partial charge on any atom is 0.349 e. The number of benzene rings is 1. The molecule has 2 aromatic rings. The van der Waals surface area contributed by atoms with E-state index in [1.165, 1.54) is 12.2 Å². The Morgan fingerprint density at radius 1 is 1.38 bits per heavy atom. The Hall–Kier alpha value is -2.55. The van der Waals surface area contributed by atoms with Crippen molar-refractivity contribution in [3.63, 3.8) is 0 Å². The van der Waals surface area contributed by atoms with Crippen LogP contribution in [0, 0.1) is 25.2 Å². The molecule has 0 spiro atoms. The number of rotatable bonds is 6. The fraction of sp³-hybridized carbons (Fsp3) is 0.211. The lowest BCUT2D eigenvalue weighted by Gasteiger charge is -2.09. The van der Waals surface area contributed by atoms with Gasteiger partial charge >= 0.3 is 5.97 Å². The molecule has 2 rings (SSSR count). The molecule has 1 aromatic heterocycles. The molecule has 0 radical (unpaired) electrons. The maximum atomic E-state index is 11.9. The van der Waals surface area contributed by atoms with Gasteiger partial charge in [-0.3, -0.25) is 4.68 Å². The maximum absolute atomic E-state index is 11.9. The quantitative estimate of drug-likeness (QED) is 0.315. The first kappa shape index (κ1) is 19.8. The Labute approximate surface area is 162 Å². The van der Waals surface area contributed by atoms with Gasteiger partial charge in [0.15, 0.2) is 0 Å². The van der Waals surface area contributed by atoms with Crippen molar-refractivity contribution in [3.05, 3.63) is 69.0 Å². The Morgan fingerprint density at radius 2 is 2.04 bits per heavy atom. The van der Waals surface area contributed by atoms with Crippen molar-refractivity contribution in [2.45, 2.75) is 20.4 Å². The van der Waals surface area contributed by atoms with E-state index in [1.54, 1.807) is 29.8 Å². The van der Waals surface area contributed by atoms with Crippen LogP contribution < -0.4 is 0 Å². The number of hydrogen-bond acceptors (Lipinski definition) is 4. The number of ether oxygens (including phenoxy) is 1. The lowest BCUT2D eigenvalue weighted by atomic mass is 10.1. The van der Waals surface area contributed by atoms with Gasteiger partial charge in [0.1, 0.15) is 18.2 Å². The van der Waals surface area contributed by atoms with Gasteiger partial charge in [0.2, 0.25) is 0 Å². The minimum Gasteiger partial charge on any atom is -0.457 e. The fourth-order valence-electron chi connectivity index (χ4n) is 2.40. The van der Waals surface area contributed by atoms with E-state index in [0.29, 0.717) is 27.8 Å². The standard InChI is InChI=1S/C19H17Cl2N3O2/c1-4-8-26-19(25)14(10-22)9-15-12(2)23-24(13(15)3)11-16-17(20)6-5-7-18(16)21/h4-7,9H,1,8,11H2,2-3H3/b14-9+. The summed E-state index contributed by atoms with van der Waals surface area (Å²) in [4.78, 5) is 11.9. The molecule has 0 N–H and O–H groups in total. The van der Waals surface area contributed by atoms with Gasteiger partial charge in [-0.15, -0.1) is 0 Å². The second-order valence-electron chi connectivity index (χ2n) is 5.50. The molecule has 0 aliphatic heterocycles. The molecule has 26 heavy (non-hydrogen) atoms. The summed E-state index contributed by atoms with van der Waals surface area (Å²) < 4.78 is 6.65. The zero-order valence-corrected chi connectivity index (χ0v) is 15.9. The molecule has 0 atom stereocenters. The summed E-state index contributed by atoms with van der Waals surface area (Å²) in [7, 11) is 0. The monoisotopic (exact) mass is 389 g/mol. The molecule has 0 aliphatic rings. The van der Waals surface area contributed by atoms with Crippen molar-refractivity contribution < 1.29 is 9.53 Å². The molecule has 1 heterocycles. The summed E-state index contributed by atoms with van der Waals surface area (Å²) in [5.41, 5.74) is 2.79. The van der Waals surface area contributed by atoms with E-state index in [4.69, 9.17) is 27.9 Å². The summed E-state index contributed by atoms with van der Waals surface area (Å²) in [6, 6.07) is 7.16. The van der Waals surface area contributed by atoms with Crippen LogP contribution in [0.3, 0.4) is 0 Å². The van der Waals surface area contributed by atoms with Crippen LogP contribution in [-0.2, 0) is 16.1 Å². The van der Waals surface area contributed by atoms with Gasteiger partial charge in [-0.2, -0.15) is 10.4 Å². The van der Waals surface area contributed by atoms with Crippen molar-refractivity contribution in [1.82, 2.24) is 9.78 Å². The highest BCUT2D eigenvalue weighted by atomic mass is 35.5. The predicted molar refractivity (Wildman–Crippen MR) is 102 cm³/mol. The summed E-state index contributed by atoms with van der Waals surface area (Å²) in [5.74, 6) is -0.701. The van der Waals surface area contributed by atoms with Crippen LogP contribution in [0.5, 0.6) is 0 Å².